The summed E-state index contributed by atoms with van der Waals surface area (Å²) in [5.41, 5.74) is -0.144. The zero-order valence-corrected chi connectivity index (χ0v) is 10.5. The zero-order chi connectivity index (χ0) is 12.8. The van der Waals surface area contributed by atoms with Gasteiger partial charge in [-0.05, 0) is 13.8 Å². The van der Waals surface area contributed by atoms with Gasteiger partial charge in [0.2, 0.25) is 0 Å². The van der Waals surface area contributed by atoms with Gasteiger partial charge in [0.25, 0.3) is 5.56 Å². The maximum absolute atomic E-state index is 11.5. The number of anilines is 1. The molecule has 1 rings (SSSR count). The minimum atomic E-state index is -0.144. The third kappa shape index (κ3) is 3.59. The van der Waals surface area contributed by atoms with Crippen LogP contribution in [0.1, 0.15) is 33.0 Å². The van der Waals surface area contributed by atoms with E-state index >= 15 is 0 Å². The fraction of sp³-hybridized carbons (Fsp3) is 0.583. The van der Waals surface area contributed by atoms with E-state index in [0.29, 0.717) is 31.0 Å². The Morgan fingerprint density at radius 1 is 1.59 bits per heavy atom. The van der Waals surface area contributed by atoms with E-state index < -0.39 is 0 Å². The smallest absolute Gasteiger partial charge is 0.252 e. The third-order valence-corrected chi connectivity index (χ3v) is 2.49. The topological polar surface area (TPSA) is 72.8 Å². The number of nitriles is 1. The molecule has 1 aromatic heterocycles. The molecule has 5 nitrogen and oxygen atoms in total. The minimum absolute atomic E-state index is 0.144. The number of nitrogens with one attached hydrogen (secondary N) is 1. The van der Waals surface area contributed by atoms with Crippen molar-refractivity contribution in [1.82, 2.24) is 9.97 Å². The summed E-state index contributed by atoms with van der Waals surface area (Å²) in [6.45, 7) is 6.57. The molecule has 0 fully saturated rings. The summed E-state index contributed by atoms with van der Waals surface area (Å²) in [5.74, 6) is 1.32. The second kappa shape index (κ2) is 6.04. The van der Waals surface area contributed by atoms with Gasteiger partial charge in [-0.2, -0.15) is 5.26 Å². The number of rotatable bonds is 5. The van der Waals surface area contributed by atoms with E-state index in [1.54, 1.807) is 0 Å². The number of aryl methyl sites for hydroxylation is 1. The molecule has 1 aromatic rings. The van der Waals surface area contributed by atoms with Crippen molar-refractivity contribution in [2.24, 2.45) is 0 Å². The summed E-state index contributed by atoms with van der Waals surface area (Å²) in [6.07, 6.45) is 1.11. The molecule has 0 aliphatic heterocycles. The second-order valence-corrected chi connectivity index (χ2v) is 4.10. The van der Waals surface area contributed by atoms with Crippen LogP contribution in [0, 0.1) is 11.3 Å². The van der Waals surface area contributed by atoms with E-state index in [-0.39, 0.29) is 11.6 Å². The minimum Gasteiger partial charge on any atom is -0.353 e. The van der Waals surface area contributed by atoms with Gasteiger partial charge in [-0.3, -0.25) is 4.79 Å². The molecule has 92 valence electrons. The van der Waals surface area contributed by atoms with Crippen LogP contribution in [0.15, 0.2) is 10.9 Å². The molecule has 0 radical (unpaired) electrons. The molecule has 0 saturated heterocycles. The molecule has 0 bridgehead atoms. The zero-order valence-electron chi connectivity index (χ0n) is 10.5. The van der Waals surface area contributed by atoms with E-state index in [2.05, 4.69) is 16.0 Å². The molecule has 0 aliphatic carbocycles. The van der Waals surface area contributed by atoms with Gasteiger partial charge < -0.3 is 9.88 Å². The van der Waals surface area contributed by atoms with E-state index in [4.69, 9.17) is 5.26 Å². The molecular formula is C12H18N4O. The highest BCUT2D eigenvalue weighted by Gasteiger charge is 2.12. The summed E-state index contributed by atoms with van der Waals surface area (Å²) in [5, 5.41) is 8.63. The van der Waals surface area contributed by atoms with Crippen LogP contribution < -0.4 is 10.5 Å². The summed E-state index contributed by atoms with van der Waals surface area (Å²) >= 11 is 0. The monoisotopic (exact) mass is 234 g/mol. The van der Waals surface area contributed by atoms with Gasteiger partial charge in [0.1, 0.15) is 11.6 Å². The van der Waals surface area contributed by atoms with Crippen molar-refractivity contribution in [2.75, 3.05) is 11.4 Å². The summed E-state index contributed by atoms with van der Waals surface area (Å²) < 4.78 is 0. The quantitative estimate of drug-likeness (QED) is 0.837. The van der Waals surface area contributed by atoms with Crippen LogP contribution in [0.2, 0.25) is 0 Å². The molecule has 0 saturated carbocycles. The Kier molecular flexibility index (Phi) is 4.70. The highest BCUT2D eigenvalue weighted by Crippen LogP contribution is 2.12. The molecule has 5 heteroatoms. The lowest BCUT2D eigenvalue weighted by molar-refractivity contribution is 0.671. The molecule has 0 spiro atoms. The molecule has 1 heterocycles. The number of aromatic nitrogens is 2. The summed E-state index contributed by atoms with van der Waals surface area (Å²) in [6, 6.07) is 3.80. The third-order valence-electron chi connectivity index (χ3n) is 2.49. The Morgan fingerprint density at radius 3 is 2.82 bits per heavy atom. The van der Waals surface area contributed by atoms with E-state index in [1.807, 2.05) is 25.7 Å². The van der Waals surface area contributed by atoms with Gasteiger partial charge in [0.15, 0.2) is 0 Å². The maximum atomic E-state index is 11.5. The number of hydrogen-bond donors (Lipinski definition) is 1. The normalized spacial score (nSPS) is 10.3. The first-order valence-corrected chi connectivity index (χ1v) is 5.82. The average Bonchev–Trinajstić information content (AvgIpc) is 2.28. The van der Waals surface area contributed by atoms with Crippen molar-refractivity contribution in [3.63, 3.8) is 0 Å². The van der Waals surface area contributed by atoms with Crippen molar-refractivity contribution in [3.05, 3.63) is 22.2 Å². The van der Waals surface area contributed by atoms with Gasteiger partial charge in [-0.25, -0.2) is 4.98 Å². The Labute approximate surface area is 101 Å². The van der Waals surface area contributed by atoms with Crippen molar-refractivity contribution < 1.29 is 0 Å². The van der Waals surface area contributed by atoms with Crippen LogP contribution in [0.3, 0.4) is 0 Å². The van der Waals surface area contributed by atoms with Crippen molar-refractivity contribution in [3.8, 4) is 6.07 Å². The van der Waals surface area contributed by atoms with Crippen LogP contribution >= 0.6 is 0 Å². The van der Waals surface area contributed by atoms with Crippen LogP contribution in [0.25, 0.3) is 0 Å². The number of hydrogen-bond acceptors (Lipinski definition) is 4. The SMILES string of the molecule is CCc1nc(N(CCC#N)C(C)C)cc(=O)[nH]1. The lowest BCUT2D eigenvalue weighted by Gasteiger charge is -2.26. The van der Waals surface area contributed by atoms with Crippen LogP contribution in [-0.4, -0.2) is 22.6 Å². The van der Waals surface area contributed by atoms with E-state index in [0.717, 1.165) is 0 Å². The largest absolute Gasteiger partial charge is 0.353 e. The van der Waals surface area contributed by atoms with Crippen molar-refractivity contribution in [1.29, 1.82) is 5.26 Å². The van der Waals surface area contributed by atoms with E-state index in [1.165, 1.54) is 6.07 Å². The predicted molar refractivity (Wildman–Crippen MR) is 66.9 cm³/mol. The molecule has 0 amide bonds. The first-order chi connectivity index (χ1) is 8.08. The first-order valence-electron chi connectivity index (χ1n) is 5.82. The molecule has 0 atom stereocenters. The second-order valence-electron chi connectivity index (χ2n) is 4.10. The Balaban J connectivity index is 3.05. The average molecular weight is 234 g/mol. The first kappa shape index (κ1) is 13.2. The summed E-state index contributed by atoms with van der Waals surface area (Å²) in [4.78, 5) is 20.5. The van der Waals surface area contributed by atoms with Crippen LogP contribution in [0.4, 0.5) is 5.82 Å². The molecule has 0 unspecified atom stereocenters. The van der Waals surface area contributed by atoms with Gasteiger partial charge in [-0.15, -0.1) is 0 Å². The van der Waals surface area contributed by atoms with Crippen LogP contribution in [-0.2, 0) is 6.42 Å². The van der Waals surface area contributed by atoms with Crippen molar-refractivity contribution >= 4 is 5.82 Å². The van der Waals surface area contributed by atoms with Crippen molar-refractivity contribution in [2.45, 2.75) is 39.7 Å². The fourth-order valence-electron chi connectivity index (χ4n) is 1.62. The molecular weight excluding hydrogens is 216 g/mol. The highest BCUT2D eigenvalue weighted by molar-refractivity contribution is 5.38. The number of nitrogens with zero attached hydrogens (tertiary/aromatic N) is 3. The Hall–Kier alpha value is -1.83. The predicted octanol–water partition coefficient (Wildman–Crippen LogP) is 1.46. The van der Waals surface area contributed by atoms with Gasteiger partial charge in [0.05, 0.1) is 12.5 Å². The number of aromatic amines is 1. The standard InChI is InChI=1S/C12H18N4O/c1-4-10-14-11(8-12(17)15-10)16(9(2)3)7-5-6-13/h8-9H,4-5,7H2,1-3H3,(H,14,15,17). The molecule has 0 aromatic carbocycles. The molecule has 1 N–H and O–H groups in total. The summed E-state index contributed by atoms with van der Waals surface area (Å²) in [7, 11) is 0. The van der Waals surface area contributed by atoms with Gasteiger partial charge >= 0.3 is 0 Å². The molecule has 17 heavy (non-hydrogen) atoms. The molecule has 0 aliphatic rings. The van der Waals surface area contributed by atoms with Crippen LogP contribution in [0.5, 0.6) is 0 Å². The fourth-order valence-corrected chi connectivity index (χ4v) is 1.62. The van der Waals surface area contributed by atoms with Gasteiger partial charge in [0, 0.05) is 25.1 Å². The Bertz CT molecular complexity index is 458. The van der Waals surface area contributed by atoms with E-state index in [9.17, 15) is 4.79 Å². The Morgan fingerprint density at radius 2 is 2.29 bits per heavy atom. The van der Waals surface area contributed by atoms with Gasteiger partial charge in [-0.1, -0.05) is 6.92 Å². The highest BCUT2D eigenvalue weighted by atomic mass is 16.1. The number of H-pyrrole nitrogens is 1. The lowest BCUT2D eigenvalue weighted by atomic mass is 10.3. The lowest BCUT2D eigenvalue weighted by Crippen LogP contribution is -2.33. The maximum Gasteiger partial charge on any atom is 0.252 e.